The molecule has 0 spiro atoms. The summed E-state index contributed by atoms with van der Waals surface area (Å²) in [6, 6.07) is 13.1. The van der Waals surface area contributed by atoms with Crippen molar-refractivity contribution >= 4 is 17.3 Å². The SMILES string of the molecule is Cc1cccc(-c2noc(CNc3ccc(Cl)cc3)n2)n1. The van der Waals surface area contributed by atoms with Gasteiger partial charge in [0.05, 0.1) is 6.54 Å². The Hall–Kier alpha value is -2.40. The average Bonchev–Trinajstić information content (AvgIpc) is 2.96. The Morgan fingerprint density at radius 1 is 1.10 bits per heavy atom. The number of hydrogen-bond acceptors (Lipinski definition) is 5. The molecule has 1 aromatic carbocycles. The molecule has 3 aromatic rings. The van der Waals surface area contributed by atoms with E-state index >= 15 is 0 Å². The van der Waals surface area contributed by atoms with Crippen LogP contribution in [0.2, 0.25) is 5.02 Å². The van der Waals surface area contributed by atoms with Crippen LogP contribution in [-0.2, 0) is 6.54 Å². The van der Waals surface area contributed by atoms with E-state index in [9.17, 15) is 0 Å². The minimum Gasteiger partial charge on any atom is -0.376 e. The molecule has 0 aliphatic heterocycles. The number of hydrogen-bond donors (Lipinski definition) is 1. The van der Waals surface area contributed by atoms with Crippen molar-refractivity contribution in [3.05, 3.63) is 59.1 Å². The molecule has 0 fully saturated rings. The van der Waals surface area contributed by atoms with Crippen molar-refractivity contribution in [1.82, 2.24) is 15.1 Å². The van der Waals surface area contributed by atoms with Crippen LogP contribution in [0.1, 0.15) is 11.6 Å². The van der Waals surface area contributed by atoms with Crippen molar-refractivity contribution in [1.29, 1.82) is 0 Å². The second kappa shape index (κ2) is 5.93. The summed E-state index contributed by atoms with van der Waals surface area (Å²) in [5.74, 6) is 0.995. The van der Waals surface area contributed by atoms with Gasteiger partial charge in [-0.15, -0.1) is 0 Å². The Labute approximate surface area is 127 Å². The van der Waals surface area contributed by atoms with E-state index in [4.69, 9.17) is 16.1 Å². The lowest BCUT2D eigenvalue weighted by atomic mass is 10.3. The average molecular weight is 301 g/mol. The molecular weight excluding hydrogens is 288 g/mol. The predicted molar refractivity (Wildman–Crippen MR) is 81.0 cm³/mol. The third-order valence-electron chi connectivity index (χ3n) is 2.87. The smallest absolute Gasteiger partial charge is 0.246 e. The molecule has 0 atom stereocenters. The van der Waals surface area contributed by atoms with Crippen molar-refractivity contribution in [2.24, 2.45) is 0 Å². The minimum absolute atomic E-state index is 0.445. The number of halogens is 1. The molecule has 2 aromatic heterocycles. The zero-order valence-corrected chi connectivity index (χ0v) is 12.1. The molecule has 0 aliphatic carbocycles. The van der Waals surface area contributed by atoms with Crippen LogP contribution in [0.4, 0.5) is 5.69 Å². The molecule has 0 amide bonds. The molecule has 0 bridgehead atoms. The van der Waals surface area contributed by atoms with E-state index in [1.165, 1.54) is 0 Å². The number of rotatable bonds is 4. The first-order valence-corrected chi connectivity index (χ1v) is 6.84. The van der Waals surface area contributed by atoms with E-state index in [-0.39, 0.29) is 0 Å². The van der Waals surface area contributed by atoms with Crippen molar-refractivity contribution in [2.45, 2.75) is 13.5 Å². The molecule has 21 heavy (non-hydrogen) atoms. The van der Waals surface area contributed by atoms with Gasteiger partial charge in [0, 0.05) is 16.4 Å². The Balaban J connectivity index is 1.69. The predicted octanol–water partition coefficient (Wildman–Crippen LogP) is 3.71. The van der Waals surface area contributed by atoms with Crippen LogP contribution in [0.15, 0.2) is 47.0 Å². The highest BCUT2D eigenvalue weighted by Gasteiger charge is 2.09. The Kier molecular flexibility index (Phi) is 3.83. The Bertz CT molecular complexity index is 739. The summed E-state index contributed by atoms with van der Waals surface area (Å²) in [5.41, 5.74) is 2.56. The number of aryl methyl sites for hydroxylation is 1. The first-order valence-electron chi connectivity index (χ1n) is 6.47. The number of benzene rings is 1. The van der Waals surface area contributed by atoms with Gasteiger partial charge in [0.2, 0.25) is 11.7 Å². The molecular formula is C15H13ClN4O. The molecule has 1 N–H and O–H groups in total. The fourth-order valence-corrected chi connectivity index (χ4v) is 1.97. The van der Waals surface area contributed by atoms with Crippen LogP contribution < -0.4 is 5.32 Å². The molecule has 2 heterocycles. The lowest BCUT2D eigenvalue weighted by Crippen LogP contribution is -1.99. The highest BCUT2D eigenvalue weighted by atomic mass is 35.5. The first-order chi connectivity index (χ1) is 10.2. The molecule has 0 aliphatic rings. The van der Waals surface area contributed by atoms with Gasteiger partial charge in [-0.2, -0.15) is 4.98 Å². The van der Waals surface area contributed by atoms with Crippen molar-refractivity contribution in [3.63, 3.8) is 0 Å². The largest absolute Gasteiger partial charge is 0.376 e. The maximum atomic E-state index is 5.84. The van der Waals surface area contributed by atoms with Crippen LogP contribution >= 0.6 is 11.6 Å². The fraction of sp³-hybridized carbons (Fsp3) is 0.133. The molecule has 106 valence electrons. The third kappa shape index (κ3) is 3.38. The fourth-order valence-electron chi connectivity index (χ4n) is 1.84. The summed E-state index contributed by atoms with van der Waals surface area (Å²) in [4.78, 5) is 8.69. The standard InChI is InChI=1S/C15H13ClN4O/c1-10-3-2-4-13(18-10)15-19-14(21-20-15)9-17-12-7-5-11(16)6-8-12/h2-8,17H,9H2,1H3. The van der Waals surface area contributed by atoms with E-state index < -0.39 is 0 Å². The molecule has 0 unspecified atom stereocenters. The Morgan fingerprint density at radius 3 is 2.67 bits per heavy atom. The van der Waals surface area contributed by atoms with E-state index in [2.05, 4.69) is 20.4 Å². The number of nitrogens with zero attached hydrogens (tertiary/aromatic N) is 3. The highest BCUT2D eigenvalue weighted by Crippen LogP contribution is 2.16. The molecule has 0 saturated carbocycles. The Morgan fingerprint density at radius 2 is 1.90 bits per heavy atom. The second-order valence-electron chi connectivity index (χ2n) is 4.54. The minimum atomic E-state index is 0.445. The normalized spacial score (nSPS) is 10.6. The van der Waals surface area contributed by atoms with Crippen LogP contribution in [-0.4, -0.2) is 15.1 Å². The van der Waals surface area contributed by atoms with Gasteiger partial charge in [-0.3, -0.25) is 0 Å². The van der Waals surface area contributed by atoms with E-state index in [1.807, 2.05) is 49.4 Å². The van der Waals surface area contributed by atoms with Gasteiger partial charge in [0.1, 0.15) is 5.69 Å². The third-order valence-corrected chi connectivity index (χ3v) is 3.13. The number of pyridine rings is 1. The topological polar surface area (TPSA) is 63.8 Å². The summed E-state index contributed by atoms with van der Waals surface area (Å²) in [7, 11) is 0. The first kappa shape index (κ1) is 13.6. The zero-order valence-electron chi connectivity index (χ0n) is 11.4. The number of nitrogens with one attached hydrogen (secondary N) is 1. The lowest BCUT2D eigenvalue weighted by molar-refractivity contribution is 0.384. The van der Waals surface area contributed by atoms with E-state index in [1.54, 1.807) is 0 Å². The van der Waals surface area contributed by atoms with Gasteiger partial charge in [-0.1, -0.05) is 22.8 Å². The zero-order chi connectivity index (χ0) is 14.7. The maximum absolute atomic E-state index is 5.84. The van der Waals surface area contributed by atoms with Gasteiger partial charge in [-0.25, -0.2) is 4.98 Å². The van der Waals surface area contributed by atoms with Gasteiger partial charge in [0.15, 0.2) is 0 Å². The van der Waals surface area contributed by atoms with Crippen LogP contribution in [0.3, 0.4) is 0 Å². The summed E-state index contributed by atoms with van der Waals surface area (Å²) >= 11 is 5.84. The molecule has 5 nitrogen and oxygen atoms in total. The quantitative estimate of drug-likeness (QED) is 0.796. The molecule has 0 saturated heterocycles. The van der Waals surface area contributed by atoms with Gasteiger partial charge in [-0.05, 0) is 43.3 Å². The van der Waals surface area contributed by atoms with E-state index in [0.29, 0.717) is 29.0 Å². The van der Waals surface area contributed by atoms with Crippen LogP contribution in [0, 0.1) is 6.92 Å². The summed E-state index contributed by atoms with van der Waals surface area (Å²) in [6.45, 7) is 2.37. The maximum Gasteiger partial charge on any atom is 0.246 e. The van der Waals surface area contributed by atoms with Crippen LogP contribution in [0.25, 0.3) is 11.5 Å². The van der Waals surface area contributed by atoms with Crippen molar-refractivity contribution in [3.8, 4) is 11.5 Å². The summed E-state index contributed by atoms with van der Waals surface area (Å²) < 4.78 is 5.21. The highest BCUT2D eigenvalue weighted by molar-refractivity contribution is 6.30. The van der Waals surface area contributed by atoms with Gasteiger partial charge < -0.3 is 9.84 Å². The van der Waals surface area contributed by atoms with Gasteiger partial charge >= 0.3 is 0 Å². The summed E-state index contributed by atoms with van der Waals surface area (Å²) in [5, 5.41) is 7.83. The monoisotopic (exact) mass is 300 g/mol. The number of anilines is 1. The number of aromatic nitrogens is 3. The molecule has 3 rings (SSSR count). The van der Waals surface area contributed by atoms with Crippen molar-refractivity contribution in [2.75, 3.05) is 5.32 Å². The van der Waals surface area contributed by atoms with Crippen molar-refractivity contribution < 1.29 is 4.52 Å². The molecule has 0 radical (unpaired) electrons. The van der Waals surface area contributed by atoms with Gasteiger partial charge in [0.25, 0.3) is 0 Å². The van der Waals surface area contributed by atoms with Crippen LogP contribution in [0.5, 0.6) is 0 Å². The summed E-state index contributed by atoms with van der Waals surface area (Å²) in [6.07, 6.45) is 0. The molecule has 6 heteroatoms. The second-order valence-corrected chi connectivity index (χ2v) is 4.97. The lowest BCUT2D eigenvalue weighted by Gasteiger charge is -2.02. The van der Waals surface area contributed by atoms with E-state index in [0.717, 1.165) is 11.4 Å².